The second kappa shape index (κ2) is 9.27. The zero-order valence-electron chi connectivity index (χ0n) is 19.2. The maximum Gasteiger partial charge on any atom is 0.255 e. The molecule has 6 heteroatoms. The highest BCUT2D eigenvalue weighted by Crippen LogP contribution is 2.31. The van der Waals surface area contributed by atoms with Crippen molar-refractivity contribution in [3.63, 3.8) is 0 Å². The first-order valence-corrected chi connectivity index (χ1v) is 11.3. The van der Waals surface area contributed by atoms with Gasteiger partial charge in [-0.05, 0) is 30.7 Å². The quantitative estimate of drug-likeness (QED) is 0.351. The van der Waals surface area contributed by atoms with Crippen molar-refractivity contribution >= 4 is 16.9 Å². The van der Waals surface area contributed by atoms with Gasteiger partial charge in [0.2, 0.25) is 0 Å². The van der Waals surface area contributed by atoms with Crippen LogP contribution < -0.4 is 0 Å². The number of pyridine rings is 2. The summed E-state index contributed by atoms with van der Waals surface area (Å²) in [5, 5.41) is 5.23. The number of hydrogen-bond donors (Lipinski definition) is 0. The molecular weight excluding hydrogens is 422 g/mol. The van der Waals surface area contributed by atoms with Crippen molar-refractivity contribution in [2.45, 2.75) is 19.5 Å². The van der Waals surface area contributed by atoms with Gasteiger partial charge in [-0.2, -0.15) is 5.10 Å². The van der Waals surface area contributed by atoms with Crippen LogP contribution in [0.2, 0.25) is 0 Å². The van der Waals surface area contributed by atoms with E-state index in [1.807, 2.05) is 104 Å². The van der Waals surface area contributed by atoms with Crippen LogP contribution in [-0.2, 0) is 6.54 Å². The van der Waals surface area contributed by atoms with E-state index in [9.17, 15) is 4.79 Å². The van der Waals surface area contributed by atoms with E-state index in [4.69, 9.17) is 4.98 Å². The third-order valence-corrected chi connectivity index (χ3v) is 6.00. The van der Waals surface area contributed by atoms with Crippen LogP contribution in [0.3, 0.4) is 0 Å². The van der Waals surface area contributed by atoms with Crippen LogP contribution in [0.15, 0.2) is 97.3 Å². The molecule has 34 heavy (non-hydrogen) atoms. The van der Waals surface area contributed by atoms with Crippen molar-refractivity contribution in [2.24, 2.45) is 0 Å². The van der Waals surface area contributed by atoms with Gasteiger partial charge >= 0.3 is 0 Å². The monoisotopic (exact) mass is 447 g/mol. The van der Waals surface area contributed by atoms with E-state index in [1.54, 1.807) is 17.3 Å². The van der Waals surface area contributed by atoms with Crippen molar-refractivity contribution in [3.8, 4) is 11.3 Å². The van der Waals surface area contributed by atoms with Crippen LogP contribution in [0, 0.1) is 0 Å². The summed E-state index contributed by atoms with van der Waals surface area (Å²) in [6.07, 6.45) is 3.49. The summed E-state index contributed by atoms with van der Waals surface area (Å²) >= 11 is 0. The maximum absolute atomic E-state index is 14.1. The van der Waals surface area contributed by atoms with Crippen LogP contribution in [0.1, 0.15) is 34.6 Å². The molecule has 3 heterocycles. The molecule has 168 valence electrons. The van der Waals surface area contributed by atoms with E-state index in [2.05, 4.69) is 10.1 Å². The van der Waals surface area contributed by atoms with Gasteiger partial charge in [-0.25, -0.2) is 9.67 Å². The lowest BCUT2D eigenvalue weighted by Crippen LogP contribution is -2.32. The van der Waals surface area contributed by atoms with Crippen molar-refractivity contribution < 1.29 is 4.79 Å². The Balaban J connectivity index is 1.65. The number of nitrogens with zero attached hydrogens (tertiary/aromatic N) is 5. The fourth-order valence-electron chi connectivity index (χ4n) is 4.29. The van der Waals surface area contributed by atoms with Gasteiger partial charge in [0.25, 0.3) is 5.91 Å². The van der Waals surface area contributed by atoms with Crippen molar-refractivity contribution in [1.29, 1.82) is 0 Å². The standard InChI is InChI=1S/C28H25N5O/c1-3-33-27-23(19-30-33)22(18-25(31-27)20-12-6-4-7-13-20)28(34)32(2)26(21-14-8-5-9-15-21)24-16-10-11-17-29-24/h4-19,26H,3H2,1-2H3/t26-/m1/s1. The van der Waals surface area contributed by atoms with E-state index in [-0.39, 0.29) is 11.9 Å². The van der Waals surface area contributed by atoms with Crippen LogP contribution in [0.4, 0.5) is 0 Å². The molecule has 0 aliphatic carbocycles. The third-order valence-electron chi connectivity index (χ3n) is 6.00. The lowest BCUT2D eigenvalue weighted by molar-refractivity contribution is 0.0754. The van der Waals surface area contributed by atoms with Crippen molar-refractivity contribution in [3.05, 3.63) is 114 Å². The molecule has 0 radical (unpaired) electrons. The predicted molar refractivity (Wildman–Crippen MR) is 133 cm³/mol. The second-order valence-electron chi connectivity index (χ2n) is 8.10. The number of carbonyl (C=O) groups excluding carboxylic acids is 1. The minimum absolute atomic E-state index is 0.111. The third kappa shape index (κ3) is 3.94. The number of hydrogen-bond acceptors (Lipinski definition) is 4. The highest BCUT2D eigenvalue weighted by molar-refractivity contribution is 6.06. The largest absolute Gasteiger partial charge is 0.329 e. The van der Waals surface area contributed by atoms with Crippen LogP contribution in [0.25, 0.3) is 22.3 Å². The van der Waals surface area contributed by atoms with Crippen molar-refractivity contribution in [1.82, 2.24) is 24.6 Å². The topological polar surface area (TPSA) is 63.9 Å². The first-order chi connectivity index (χ1) is 16.7. The van der Waals surface area contributed by atoms with Gasteiger partial charge < -0.3 is 4.90 Å². The number of benzene rings is 2. The average Bonchev–Trinajstić information content (AvgIpc) is 3.33. The fourth-order valence-corrected chi connectivity index (χ4v) is 4.29. The number of amides is 1. The predicted octanol–water partition coefficient (Wildman–Crippen LogP) is 5.37. The van der Waals surface area contributed by atoms with Gasteiger partial charge in [0.15, 0.2) is 5.65 Å². The zero-order valence-corrected chi connectivity index (χ0v) is 19.2. The molecule has 0 saturated heterocycles. The molecule has 5 aromatic rings. The number of aryl methyl sites for hydroxylation is 1. The summed E-state index contributed by atoms with van der Waals surface area (Å²) in [5.41, 5.74) is 4.78. The summed E-state index contributed by atoms with van der Waals surface area (Å²) in [6.45, 7) is 2.68. The lowest BCUT2D eigenvalue weighted by Gasteiger charge is -2.28. The van der Waals surface area contributed by atoms with Gasteiger partial charge in [0.05, 0.1) is 34.6 Å². The zero-order chi connectivity index (χ0) is 23.5. The number of fused-ring (bicyclic) bond motifs is 1. The Morgan fingerprint density at radius 1 is 0.971 bits per heavy atom. The molecule has 1 amide bonds. The minimum Gasteiger partial charge on any atom is -0.329 e. The van der Waals surface area contributed by atoms with Crippen LogP contribution in [0.5, 0.6) is 0 Å². The summed E-state index contributed by atoms with van der Waals surface area (Å²) in [5.74, 6) is -0.111. The molecule has 0 bridgehead atoms. The Kier molecular flexibility index (Phi) is 5.87. The molecule has 6 nitrogen and oxygen atoms in total. The Morgan fingerprint density at radius 2 is 1.68 bits per heavy atom. The molecule has 0 aliphatic rings. The Morgan fingerprint density at radius 3 is 2.35 bits per heavy atom. The Bertz CT molecular complexity index is 1380. The molecule has 5 rings (SSSR count). The van der Waals surface area contributed by atoms with Gasteiger partial charge in [0.1, 0.15) is 0 Å². The summed E-state index contributed by atoms with van der Waals surface area (Å²) < 4.78 is 1.83. The van der Waals surface area contributed by atoms with Gasteiger partial charge in [-0.3, -0.25) is 9.78 Å². The molecule has 0 N–H and O–H groups in total. The minimum atomic E-state index is -0.334. The van der Waals surface area contributed by atoms with Crippen molar-refractivity contribution in [2.75, 3.05) is 7.05 Å². The SMILES string of the molecule is CCn1ncc2c(C(=O)N(C)[C@H](c3ccccc3)c3ccccn3)cc(-c3ccccc3)nc21. The molecule has 0 spiro atoms. The van der Waals surface area contributed by atoms with Crippen LogP contribution >= 0.6 is 0 Å². The summed E-state index contributed by atoms with van der Waals surface area (Å²) in [7, 11) is 1.83. The average molecular weight is 448 g/mol. The van der Waals surface area contributed by atoms with Gasteiger partial charge in [-0.1, -0.05) is 66.7 Å². The molecule has 3 aromatic heterocycles. The number of carbonyl (C=O) groups is 1. The highest BCUT2D eigenvalue weighted by Gasteiger charge is 2.28. The first-order valence-electron chi connectivity index (χ1n) is 11.3. The second-order valence-corrected chi connectivity index (χ2v) is 8.10. The maximum atomic E-state index is 14.1. The highest BCUT2D eigenvalue weighted by atomic mass is 16.2. The fraction of sp³-hybridized carbons (Fsp3) is 0.143. The van der Waals surface area contributed by atoms with Gasteiger partial charge in [-0.15, -0.1) is 0 Å². The Hall–Kier alpha value is -4.32. The summed E-state index contributed by atoms with van der Waals surface area (Å²) in [4.78, 5) is 25.2. The van der Waals surface area contributed by atoms with E-state index in [1.165, 1.54) is 0 Å². The smallest absolute Gasteiger partial charge is 0.255 e. The molecule has 2 aromatic carbocycles. The molecule has 0 saturated carbocycles. The number of rotatable bonds is 6. The molecular formula is C28H25N5O. The molecule has 0 aliphatic heterocycles. The normalized spacial score (nSPS) is 11.9. The molecule has 0 unspecified atom stereocenters. The molecule has 1 atom stereocenters. The van der Waals surface area contributed by atoms with Gasteiger partial charge in [0, 0.05) is 25.4 Å². The Labute approximate surface area is 198 Å². The first kappa shape index (κ1) is 21.5. The lowest BCUT2D eigenvalue weighted by atomic mass is 10.00. The summed E-state index contributed by atoms with van der Waals surface area (Å²) in [6, 6.07) is 27.2. The van der Waals surface area contributed by atoms with E-state index >= 15 is 0 Å². The van der Waals surface area contributed by atoms with E-state index < -0.39 is 0 Å². The van der Waals surface area contributed by atoms with Crippen LogP contribution in [-0.4, -0.2) is 37.6 Å². The molecule has 0 fully saturated rings. The van der Waals surface area contributed by atoms with E-state index in [0.29, 0.717) is 17.8 Å². The number of aromatic nitrogens is 4. The van der Waals surface area contributed by atoms with E-state index in [0.717, 1.165) is 27.9 Å².